The smallest absolute Gasteiger partial charge is 0.156 e. The number of aromatic amines is 2. The average molecular weight is 399 g/mol. The molecule has 0 spiro atoms. The van der Waals surface area contributed by atoms with Crippen molar-refractivity contribution in [3.63, 3.8) is 0 Å². The van der Waals surface area contributed by atoms with Gasteiger partial charge in [0.15, 0.2) is 5.17 Å². The Morgan fingerprint density at radius 3 is 2.24 bits per heavy atom. The largest absolute Gasteiger partial charge is 0.365 e. The van der Waals surface area contributed by atoms with Crippen molar-refractivity contribution in [2.75, 3.05) is 30.9 Å². The van der Waals surface area contributed by atoms with E-state index in [9.17, 15) is 0 Å². The summed E-state index contributed by atoms with van der Waals surface area (Å²) < 4.78 is 0. The van der Waals surface area contributed by atoms with E-state index in [4.69, 9.17) is 0 Å². The highest BCUT2D eigenvalue weighted by Crippen LogP contribution is 2.11. The molecule has 0 aliphatic heterocycles. The number of hydrogen-bond acceptors (Lipinski definition) is 6. The molecule has 25 heavy (non-hydrogen) atoms. The monoisotopic (exact) mass is 398 g/mol. The van der Waals surface area contributed by atoms with Crippen molar-refractivity contribution in [2.24, 2.45) is 4.99 Å². The van der Waals surface area contributed by atoms with Crippen LogP contribution in [-0.4, -0.2) is 56.0 Å². The molecular formula is C16H26N6S3. The summed E-state index contributed by atoms with van der Waals surface area (Å²) in [5.41, 5.74) is 2.38. The molecule has 2 rings (SSSR count). The maximum atomic E-state index is 4.65. The number of aliphatic imine (C=N–C) groups is 1. The van der Waals surface area contributed by atoms with Crippen LogP contribution in [0.15, 0.2) is 30.0 Å². The van der Waals surface area contributed by atoms with Crippen LogP contribution in [0.2, 0.25) is 0 Å². The average Bonchev–Trinajstić information content (AvgIpc) is 3.32. The van der Waals surface area contributed by atoms with Gasteiger partial charge in [0, 0.05) is 48.4 Å². The van der Waals surface area contributed by atoms with Gasteiger partial charge in [0.05, 0.1) is 12.7 Å². The second-order valence-electron chi connectivity index (χ2n) is 5.28. The Morgan fingerprint density at radius 1 is 1.04 bits per heavy atom. The van der Waals surface area contributed by atoms with Crippen molar-refractivity contribution in [2.45, 2.75) is 24.3 Å². The normalized spacial score (nSPS) is 11.8. The highest BCUT2D eigenvalue weighted by Gasteiger charge is 1.98. The Hall–Kier alpha value is -1.06. The van der Waals surface area contributed by atoms with Crippen LogP contribution in [-0.2, 0) is 11.5 Å². The van der Waals surface area contributed by atoms with Crippen LogP contribution in [0.3, 0.4) is 0 Å². The van der Waals surface area contributed by atoms with Crippen LogP contribution in [0.4, 0.5) is 0 Å². The first-order valence-electron chi connectivity index (χ1n) is 8.31. The number of nitrogens with one attached hydrogen (secondary N) is 3. The van der Waals surface area contributed by atoms with E-state index in [1.54, 1.807) is 24.4 Å². The molecule has 0 amide bonds. The molecule has 3 N–H and O–H groups in total. The maximum Gasteiger partial charge on any atom is 0.156 e. The van der Waals surface area contributed by atoms with E-state index in [0.717, 1.165) is 54.1 Å². The molecule has 0 saturated heterocycles. The molecule has 0 unspecified atom stereocenters. The predicted molar refractivity (Wildman–Crippen MR) is 113 cm³/mol. The first kappa shape index (κ1) is 20.3. The molecule has 0 bridgehead atoms. The highest BCUT2D eigenvalue weighted by molar-refractivity contribution is 8.13. The van der Waals surface area contributed by atoms with E-state index in [2.05, 4.69) is 36.5 Å². The topological polar surface area (TPSA) is 81.8 Å². The van der Waals surface area contributed by atoms with Crippen molar-refractivity contribution >= 4 is 40.5 Å². The van der Waals surface area contributed by atoms with Crippen molar-refractivity contribution in [1.29, 1.82) is 0 Å². The lowest BCUT2D eigenvalue weighted by atomic mass is 10.5. The molecule has 0 atom stereocenters. The molecule has 0 aliphatic carbocycles. The predicted octanol–water partition coefficient (Wildman–Crippen LogP) is 3.39. The fourth-order valence-corrected chi connectivity index (χ4v) is 4.19. The van der Waals surface area contributed by atoms with Gasteiger partial charge in [-0.1, -0.05) is 11.8 Å². The SMILES string of the molecule is CSC(=NCCCSCc1cnc[nH]1)NCCCSCc1cnc[nH]1. The number of hydrogen-bond donors (Lipinski definition) is 3. The minimum absolute atomic E-state index is 0.883. The van der Waals surface area contributed by atoms with Gasteiger partial charge in [0.1, 0.15) is 0 Å². The summed E-state index contributed by atoms with van der Waals surface area (Å²) >= 11 is 5.54. The summed E-state index contributed by atoms with van der Waals surface area (Å²) in [5, 5.41) is 4.49. The number of aromatic nitrogens is 4. The quantitative estimate of drug-likeness (QED) is 0.289. The molecule has 0 fully saturated rings. The molecule has 0 saturated carbocycles. The lowest BCUT2D eigenvalue weighted by Gasteiger charge is -2.07. The van der Waals surface area contributed by atoms with Gasteiger partial charge in [-0.25, -0.2) is 9.97 Å². The standard InChI is InChI=1S/C16H26N6S3/c1-23-16(19-4-2-6-24-10-14-8-17-12-21-14)20-5-3-7-25-11-15-9-18-13-22-15/h8-9,12-13H,2-7,10-11H2,1H3,(H,17,21)(H,18,22)(H,19,20). The summed E-state index contributed by atoms with van der Waals surface area (Å²) in [6, 6.07) is 0. The highest BCUT2D eigenvalue weighted by atomic mass is 32.2. The van der Waals surface area contributed by atoms with Crippen molar-refractivity contribution in [3.05, 3.63) is 36.4 Å². The van der Waals surface area contributed by atoms with Gasteiger partial charge in [-0.3, -0.25) is 4.99 Å². The number of rotatable bonds is 12. The first-order chi connectivity index (χ1) is 12.4. The summed E-state index contributed by atoms with van der Waals surface area (Å²) in [4.78, 5) is 18.9. The fourth-order valence-electron chi connectivity index (χ4n) is 2.00. The van der Waals surface area contributed by atoms with Gasteiger partial charge >= 0.3 is 0 Å². The van der Waals surface area contributed by atoms with Crippen LogP contribution < -0.4 is 5.32 Å². The molecule has 2 heterocycles. The van der Waals surface area contributed by atoms with E-state index in [-0.39, 0.29) is 0 Å². The third-order valence-corrected chi connectivity index (χ3v) is 6.11. The lowest BCUT2D eigenvalue weighted by Crippen LogP contribution is -2.22. The maximum absolute atomic E-state index is 4.65. The van der Waals surface area contributed by atoms with Crippen LogP contribution in [0, 0.1) is 0 Å². The fraction of sp³-hybridized carbons (Fsp3) is 0.562. The van der Waals surface area contributed by atoms with Crippen molar-refractivity contribution < 1.29 is 0 Å². The Kier molecular flexibility index (Phi) is 10.7. The van der Waals surface area contributed by atoms with Crippen LogP contribution in [0.1, 0.15) is 24.2 Å². The van der Waals surface area contributed by atoms with Gasteiger partial charge in [-0.05, 0) is 30.6 Å². The Labute approximate surface area is 162 Å². The summed E-state index contributed by atoms with van der Waals surface area (Å²) in [5.74, 6) is 4.25. The van der Waals surface area contributed by atoms with E-state index in [0.29, 0.717) is 0 Å². The van der Waals surface area contributed by atoms with Crippen LogP contribution >= 0.6 is 35.3 Å². The minimum atomic E-state index is 0.883. The lowest BCUT2D eigenvalue weighted by molar-refractivity contribution is 0.843. The van der Waals surface area contributed by atoms with Gasteiger partial charge in [0.25, 0.3) is 0 Å². The molecule has 9 heteroatoms. The van der Waals surface area contributed by atoms with E-state index < -0.39 is 0 Å². The van der Waals surface area contributed by atoms with E-state index in [1.165, 1.54) is 11.4 Å². The zero-order valence-electron chi connectivity index (χ0n) is 14.5. The Balaban J connectivity index is 1.45. The van der Waals surface area contributed by atoms with Crippen molar-refractivity contribution in [3.8, 4) is 0 Å². The zero-order chi connectivity index (χ0) is 17.6. The molecule has 0 aliphatic rings. The molecule has 2 aromatic heterocycles. The Bertz CT molecular complexity index is 571. The summed E-state index contributed by atoms with van der Waals surface area (Å²) in [6.45, 7) is 1.86. The molecule has 0 aromatic carbocycles. The van der Waals surface area contributed by atoms with Gasteiger partial charge < -0.3 is 15.3 Å². The van der Waals surface area contributed by atoms with Crippen LogP contribution in [0.5, 0.6) is 0 Å². The van der Waals surface area contributed by atoms with Gasteiger partial charge in [-0.15, -0.1) is 0 Å². The van der Waals surface area contributed by atoms with E-state index in [1.807, 2.05) is 35.9 Å². The zero-order valence-corrected chi connectivity index (χ0v) is 17.0. The van der Waals surface area contributed by atoms with E-state index >= 15 is 0 Å². The summed E-state index contributed by atoms with van der Waals surface area (Å²) in [6.07, 6.45) is 11.5. The number of imidazole rings is 2. The second kappa shape index (κ2) is 13.2. The number of thioether (sulfide) groups is 3. The molecule has 2 aromatic rings. The van der Waals surface area contributed by atoms with Crippen molar-refractivity contribution in [1.82, 2.24) is 25.3 Å². The first-order valence-corrected chi connectivity index (χ1v) is 11.8. The molecule has 6 nitrogen and oxygen atoms in total. The number of amidine groups is 1. The minimum Gasteiger partial charge on any atom is -0.365 e. The Morgan fingerprint density at radius 2 is 1.68 bits per heavy atom. The molecule has 138 valence electrons. The van der Waals surface area contributed by atoms with Gasteiger partial charge in [0.2, 0.25) is 0 Å². The summed E-state index contributed by atoms with van der Waals surface area (Å²) in [7, 11) is 0. The molecule has 0 radical (unpaired) electrons. The number of nitrogens with zero attached hydrogens (tertiary/aromatic N) is 3. The number of H-pyrrole nitrogens is 2. The second-order valence-corrected chi connectivity index (χ2v) is 8.29. The molecular weight excluding hydrogens is 372 g/mol. The van der Waals surface area contributed by atoms with Crippen LogP contribution in [0.25, 0.3) is 0 Å². The van der Waals surface area contributed by atoms with Gasteiger partial charge in [-0.2, -0.15) is 23.5 Å². The third kappa shape index (κ3) is 9.27. The third-order valence-electron chi connectivity index (χ3n) is 3.26.